The van der Waals surface area contributed by atoms with Crippen LogP contribution in [0.3, 0.4) is 0 Å². The largest absolute Gasteiger partial charge is 0.376 e. The summed E-state index contributed by atoms with van der Waals surface area (Å²) in [7, 11) is 3.93. The van der Waals surface area contributed by atoms with Gasteiger partial charge in [-0.2, -0.15) is 0 Å². The monoisotopic (exact) mass is 283 g/mol. The molecule has 1 N–H and O–H groups in total. The molecule has 0 bridgehead atoms. The average molecular weight is 283 g/mol. The lowest BCUT2D eigenvalue weighted by Gasteiger charge is -2.43. The first-order valence-corrected chi connectivity index (χ1v) is 8.01. The zero-order valence-electron chi connectivity index (χ0n) is 13.1. The molecule has 1 fully saturated rings. The molecule has 1 unspecified atom stereocenters. The first kappa shape index (κ1) is 14.6. The maximum atomic E-state index is 6.07. The zero-order chi connectivity index (χ0) is 14.7. The number of hydrogen-bond acceptors (Lipinski definition) is 2. The van der Waals surface area contributed by atoms with Crippen LogP contribution >= 0.6 is 0 Å². The molecule has 2 aromatic rings. The Bertz CT molecular complexity index is 596. The lowest BCUT2D eigenvalue weighted by Crippen LogP contribution is -2.46. The van der Waals surface area contributed by atoms with Gasteiger partial charge in [0.25, 0.3) is 0 Å². The maximum absolute atomic E-state index is 6.07. The minimum absolute atomic E-state index is 0.0723. The molecule has 0 aliphatic heterocycles. The van der Waals surface area contributed by atoms with Crippen LogP contribution in [0.2, 0.25) is 0 Å². The van der Waals surface area contributed by atoms with Crippen molar-refractivity contribution in [1.29, 1.82) is 0 Å². The van der Waals surface area contributed by atoms with E-state index in [4.69, 9.17) is 4.74 Å². The van der Waals surface area contributed by atoms with Crippen LogP contribution < -0.4 is 5.32 Å². The van der Waals surface area contributed by atoms with Crippen LogP contribution in [0.1, 0.15) is 43.7 Å². The summed E-state index contributed by atoms with van der Waals surface area (Å²) in [5.74, 6) is 0. The fourth-order valence-corrected chi connectivity index (χ4v) is 3.97. The Hall–Kier alpha value is -1.38. The van der Waals surface area contributed by atoms with Crippen molar-refractivity contribution in [1.82, 2.24) is 5.32 Å². The smallest absolute Gasteiger partial charge is 0.0872 e. The molecule has 112 valence electrons. The highest BCUT2D eigenvalue weighted by Crippen LogP contribution is 2.42. The summed E-state index contributed by atoms with van der Waals surface area (Å²) in [5, 5.41) is 6.18. The maximum Gasteiger partial charge on any atom is 0.0872 e. The van der Waals surface area contributed by atoms with Crippen molar-refractivity contribution in [3.8, 4) is 0 Å². The number of fused-ring (bicyclic) bond motifs is 1. The third kappa shape index (κ3) is 2.58. The van der Waals surface area contributed by atoms with Crippen LogP contribution in [-0.2, 0) is 4.74 Å². The normalized spacial score (nSPS) is 19.5. The fourth-order valence-electron chi connectivity index (χ4n) is 3.97. The molecule has 0 aromatic heterocycles. The van der Waals surface area contributed by atoms with Gasteiger partial charge in [-0.1, -0.05) is 61.7 Å². The number of nitrogens with one attached hydrogen (secondary N) is 1. The van der Waals surface area contributed by atoms with Crippen molar-refractivity contribution in [2.24, 2.45) is 0 Å². The summed E-state index contributed by atoms with van der Waals surface area (Å²) in [6.45, 7) is 0. The second-order valence-electron chi connectivity index (χ2n) is 6.12. The van der Waals surface area contributed by atoms with E-state index in [1.807, 2.05) is 7.11 Å². The van der Waals surface area contributed by atoms with Crippen LogP contribution in [-0.4, -0.2) is 19.8 Å². The quantitative estimate of drug-likeness (QED) is 0.895. The van der Waals surface area contributed by atoms with Gasteiger partial charge in [-0.25, -0.2) is 0 Å². The third-order valence-electron chi connectivity index (χ3n) is 5.06. The van der Waals surface area contributed by atoms with Gasteiger partial charge in [-0.05, 0) is 36.2 Å². The summed E-state index contributed by atoms with van der Waals surface area (Å²) in [6, 6.07) is 15.5. The predicted octanol–water partition coefficient (Wildman–Crippen LogP) is 4.45. The first-order valence-electron chi connectivity index (χ1n) is 8.01. The van der Waals surface area contributed by atoms with Crippen molar-refractivity contribution in [2.45, 2.75) is 43.7 Å². The molecule has 0 spiro atoms. The van der Waals surface area contributed by atoms with Crippen LogP contribution in [0.15, 0.2) is 42.5 Å². The summed E-state index contributed by atoms with van der Waals surface area (Å²) >= 11 is 0. The molecule has 2 aromatic carbocycles. The van der Waals surface area contributed by atoms with Crippen molar-refractivity contribution in [2.75, 3.05) is 14.2 Å². The molecular formula is C19H25NO. The molecule has 1 aliphatic carbocycles. The van der Waals surface area contributed by atoms with Gasteiger partial charge < -0.3 is 10.1 Å². The number of likely N-dealkylation sites (N-methyl/N-ethyl adjacent to an activating group) is 1. The highest BCUT2D eigenvalue weighted by atomic mass is 16.5. The molecule has 1 atom stereocenters. The molecule has 2 nitrogen and oxygen atoms in total. The van der Waals surface area contributed by atoms with Gasteiger partial charge in [-0.15, -0.1) is 0 Å². The Morgan fingerprint density at radius 2 is 1.71 bits per heavy atom. The summed E-state index contributed by atoms with van der Waals surface area (Å²) in [4.78, 5) is 0. The topological polar surface area (TPSA) is 21.3 Å². The molecule has 0 radical (unpaired) electrons. The number of rotatable bonds is 4. The van der Waals surface area contributed by atoms with E-state index in [-0.39, 0.29) is 11.6 Å². The molecule has 3 rings (SSSR count). The van der Waals surface area contributed by atoms with Gasteiger partial charge in [0.05, 0.1) is 11.6 Å². The van der Waals surface area contributed by atoms with Gasteiger partial charge >= 0.3 is 0 Å². The lowest BCUT2D eigenvalue weighted by molar-refractivity contribution is -0.0668. The Labute approximate surface area is 127 Å². The summed E-state index contributed by atoms with van der Waals surface area (Å²) in [6.07, 6.45) is 6.13. The number of methoxy groups -OCH3 is 1. The Morgan fingerprint density at radius 3 is 2.43 bits per heavy atom. The molecular weight excluding hydrogens is 258 g/mol. The van der Waals surface area contributed by atoms with E-state index in [0.717, 1.165) is 12.8 Å². The molecule has 2 heteroatoms. The average Bonchev–Trinajstić information content (AvgIpc) is 2.56. The van der Waals surface area contributed by atoms with Gasteiger partial charge in [0, 0.05) is 7.11 Å². The predicted molar refractivity (Wildman–Crippen MR) is 88.6 cm³/mol. The number of hydrogen-bond donors (Lipinski definition) is 1. The molecule has 0 saturated heterocycles. The van der Waals surface area contributed by atoms with Gasteiger partial charge in [0.15, 0.2) is 0 Å². The second-order valence-corrected chi connectivity index (χ2v) is 6.12. The minimum Gasteiger partial charge on any atom is -0.376 e. The van der Waals surface area contributed by atoms with Gasteiger partial charge in [0.2, 0.25) is 0 Å². The summed E-state index contributed by atoms with van der Waals surface area (Å²) in [5.41, 5.74) is 1.29. The van der Waals surface area contributed by atoms with Crippen LogP contribution in [0, 0.1) is 0 Å². The van der Waals surface area contributed by atoms with Gasteiger partial charge in [-0.3, -0.25) is 0 Å². The first-order chi connectivity index (χ1) is 10.3. The van der Waals surface area contributed by atoms with E-state index in [0.29, 0.717) is 0 Å². The zero-order valence-corrected chi connectivity index (χ0v) is 13.1. The molecule has 0 heterocycles. The van der Waals surface area contributed by atoms with Crippen LogP contribution in [0.4, 0.5) is 0 Å². The fraction of sp³-hybridized carbons (Fsp3) is 0.474. The lowest BCUT2D eigenvalue weighted by atomic mass is 9.76. The molecule has 0 amide bonds. The highest BCUT2D eigenvalue weighted by molar-refractivity contribution is 5.86. The van der Waals surface area contributed by atoms with E-state index in [1.165, 1.54) is 35.6 Å². The van der Waals surface area contributed by atoms with E-state index >= 15 is 0 Å². The Kier molecular flexibility index (Phi) is 4.27. The summed E-state index contributed by atoms with van der Waals surface area (Å²) < 4.78 is 6.07. The van der Waals surface area contributed by atoms with Crippen LogP contribution in [0.25, 0.3) is 10.8 Å². The molecule has 1 saturated carbocycles. The van der Waals surface area contributed by atoms with E-state index < -0.39 is 0 Å². The van der Waals surface area contributed by atoms with E-state index in [2.05, 4.69) is 54.8 Å². The standard InChI is InChI=1S/C19H25NO/c1-20-18(19(21-2)13-6-3-7-14-19)17-12-8-10-15-9-4-5-11-16(15)17/h4-5,8-12,18,20H,3,6-7,13-14H2,1-2H3. The number of ether oxygens (including phenoxy) is 1. The van der Waals surface area contributed by atoms with Crippen molar-refractivity contribution < 1.29 is 4.74 Å². The van der Waals surface area contributed by atoms with E-state index in [1.54, 1.807) is 0 Å². The molecule has 1 aliphatic rings. The SMILES string of the molecule is CNC(c1cccc2ccccc12)C1(OC)CCCCC1. The van der Waals surface area contributed by atoms with Crippen molar-refractivity contribution >= 4 is 10.8 Å². The minimum atomic E-state index is -0.0723. The Morgan fingerprint density at radius 1 is 1.00 bits per heavy atom. The van der Waals surface area contributed by atoms with E-state index in [9.17, 15) is 0 Å². The van der Waals surface area contributed by atoms with Crippen molar-refractivity contribution in [3.05, 3.63) is 48.0 Å². The third-order valence-corrected chi connectivity index (χ3v) is 5.06. The number of benzene rings is 2. The van der Waals surface area contributed by atoms with Gasteiger partial charge in [0.1, 0.15) is 0 Å². The second kappa shape index (κ2) is 6.17. The molecule has 21 heavy (non-hydrogen) atoms. The Balaban J connectivity index is 2.09. The highest BCUT2D eigenvalue weighted by Gasteiger charge is 2.40. The van der Waals surface area contributed by atoms with Crippen LogP contribution in [0.5, 0.6) is 0 Å². The van der Waals surface area contributed by atoms with Crippen molar-refractivity contribution in [3.63, 3.8) is 0 Å².